The van der Waals surface area contributed by atoms with Gasteiger partial charge in [0, 0.05) is 49.8 Å². The quantitative estimate of drug-likeness (QED) is 0.469. The number of likely N-dealkylation sites (N-methyl/N-ethyl adjacent to an activating group) is 1. The molecule has 3 heterocycles. The van der Waals surface area contributed by atoms with E-state index in [1.807, 2.05) is 44.2 Å². The first-order valence-corrected chi connectivity index (χ1v) is 12.2. The van der Waals surface area contributed by atoms with Crippen LogP contribution in [0.2, 0.25) is 5.02 Å². The van der Waals surface area contributed by atoms with E-state index in [2.05, 4.69) is 54.9 Å². The van der Waals surface area contributed by atoms with Crippen molar-refractivity contribution in [3.8, 4) is 0 Å². The van der Waals surface area contributed by atoms with Crippen molar-refractivity contribution in [3.05, 3.63) is 64.8 Å². The lowest BCUT2D eigenvalue weighted by Gasteiger charge is -2.34. The summed E-state index contributed by atoms with van der Waals surface area (Å²) >= 11 is 6.39. The average molecular weight is 492 g/mol. The highest BCUT2D eigenvalue weighted by Crippen LogP contribution is 2.40. The lowest BCUT2D eigenvalue weighted by atomic mass is 9.83. The molecule has 8 nitrogen and oxygen atoms in total. The number of aromatic nitrogens is 2. The highest BCUT2D eigenvalue weighted by Gasteiger charge is 2.39. The van der Waals surface area contributed by atoms with Crippen LogP contribution in [0.3, 0.4) is 0 Å². The van der Waals surface area contributed by atoms with Crippen molar-refractivity contribution in [2.24, 2.45) is 0 Å². The molecule has 2 aliphatic heterocycles. The van der Waals surface area contributed by atoms with Gasteiger partial charge in [0.05, 0.1) is 11.6 Å². The van der Waals surface area contributed by atoms with Gasteiger partial charge in [-0.25, -0.2) is 4.98 Å². The second-order valence-electron chi connectivity index (χ2n) is 9.62. The van der Waals surface area contributed by atoms with E-state index >= 15 is 0 Å². The summed E-state index contributed by atoms with van der Waals surface area (Å²) in [6.45, 7) is 8.57. The van der Waals surface area contributed by atoms with Gasteiger partial charge in [-0.05, 0) is 62.4 Å². The van der Waals surface area contributed by atoms with Gasteiger partial charge in [-0.1, -0.05) is 23.7 Å². The second kappa shape index (κ2) is 9.36. The van der Waals surface area contributed by atoms with Crippen LogP contribution in [0, 0.1) is 0 Å². The number of benzene rings is 2. The van der Waals surface area contributed by atoms with E-state index in [-0.39, 0.29) is 5.91 Å². The van der Waals surface area contributed by atoms with Gasteiger partial charge < -0.3 is 25.8 Å². The van der Waals surface area contributed by atoms with Gasteiger partial charge in [0.2, 0.25) is 11.9 Å². The number of hydrogen-bond acceptors (Lipinski definition) is 7. The first kappa shape index (κ1) is 23.4. The minimum atomic E-state index is -0.591. The van der Waals surface area contributed by atoms with Gasteiger partial charge in [-0.3, -0.25) is 4.79 Å². The molecule has 0 spiro atoms. The molecule has 2 aliphatic rings. The largest absolute Gasteiger partial charge is 0.369 e. The zero-order chi connectivity index (χ0) is 24.6. The van der Waals surface area contributed by atoms with Crippen molar-refractivity contribution in [2.75, 3.05) is 54.1 Å². The van der Waals surface area contributed by atoms with E-state index in [0.717, 1.165) is 48.7 Å². The van der Waals surface area contributed by atoms with Crippen LogP contribution in [0.1, 0.15) is 25.0 Å². The Labute approximate surface area is 210 Å². The fourth-order valence-electron chi connectivity index (χ4n) is 4.66. The Hall–Kier alpha value is -3.36. The Morgan fingerprint density at radius 2 is 1.83 bits per heavy atom. The topological polar surface area (TPSA) is 85.4 Å². The molecule has 1 aromatic heterocycles. The second-order valence-corrected chi connectivity index (χ2v) is 10.0. The number of halogens is 1. The summed E-state index contributed by atoms with van der Waals surface area (Å²) in [6, 6.07) is 14.2. The van der Waals surface area contributed by atoms with E-state index in [1.165, 1.54) is 5.69 Å². The predicted octanol–water partition coefficient (Wildman–Crippen LogP) is 4.47. The van der Waals surface area contributed by atoms with Crippen LogP contribution in [-0.4, -0.2) is 54.0 Å². The van der Waals surface area contributed by atoms with Crippen LogP contribution >= 0.6 is 11.6 Å². The molecular formula is C26H30ClN7O. The average Bonchev–Trinajstić information content (AvgIpc) is 3.09. The molecular weight excluding hydrogens is 462 g/mol. The summed E-state index contributed by atoms with van der Waals surface area (Å²) < 4.78 is 0. The molecule has 1 amide bonds. The fourth-order valence-corrected chi connectivity index (χ4v) is 4.82. The van der Waals surface area contributed by atoms with Crippen LogP contribution in [0.5, 0.6) is 0 Å². The zero-order valence-corrected chi connectivity index (χ0v) is 21.0. The van der Waals surface area contributed by atoms with Crippen LogP contribution in [0.15, 0.2) is 48.7 Å². The van der Waals surface area contributed by atoms with Crippen molar-refractivity contribution in [1.82, 2.24) is 14.9 Å². The Balaban J connectivity index is 1.27. The molecule has 35 heavy (non-hydrogen) atoms. The summed E-state index contributed by atoms with van der Waals surface area (Å²) in [7, 11) is 2.16. The van der Waals surface area contributed by atoms with E-state index in [4.69, 9.17) is 11.6 Å². The summed E-state index contributed by atoms with van der Waals surface area (Å²) in [5.74, 6) is 0.996. The molecule has 3 N–H and O–H groups in total. The lowest BCUT2D eigenvalue weighted by Crippen LogP contribution is -2.44. The molecule has 0 atom stereocenters. The molecule has 0 radical (unpaired) electrons. The minimum Gasteiger partial charge on any atom is -0.369 e. The molecule has 0 bridgehead atoms. The number of fused-ring (bicyclic) bond motifs is 1. The highest BCUT2D eigenvalue weighted by atomic mass is 35.5. The summed E-state index contributed by atoms with van der Waals surface area (Å²) in [6.07, 6.45) is 1.59. The summed E-state index contributed by atoms with van der Waals surface area (Å²) in [4.78, 5) is 26.1. The highest BCUT2D eigenvalue weighted by molar-refractivity contribution is 6.32. The van der Waals surface area contributed by atoms with E-state index in [0.29, 0.717) is 23.3 Å². The Morgan fingerprint density at radius 3 is 2.57 bits per heavy atom. The molecule has 3 aromatic rings. The van der Waals surface area contributed by atoms with Crippen LogP contribution < -0.4 is 20.9 Å². The molecule has 5 rings (SSSR count). The van der Waals surface area contributed by atoms with Gasteiger partial charge in [-0.15, -0.1) is 0 Å². The number of carbonyl (C=O) groups is 1. The first-order valence-electron chi connectivity index (χ1n) is 11.8. The third-order valence-corrected chi connectivity index (χ3v) is 7.05. The molecule has 1 fully saturated rings. The molecule has 0 unspecified atom stereocenters. The Morgan fingerprint density at radius 1 is 1.09 bits per heavy atom. The standard InChI is InChI=1S/C26H30ClN7O/c1-26(2)22-17(5-4-6-21(22)31-24(26)35)15-28-23-20(27)16-29-25(32-23)30-18-7-9-19(10-8-18)34-13-11-33(3)12-14-34/h4-10,16H,11-15H2,1-3H3,(H,31,35)(H2,28,29,30,32). The molecule has 2 aromatic carbocycles. The van der Waals surface area contributed by atoms with E-state index in [1.54, 1.807) is 6.20 Å². The van der Waals surface area contributed by atoms with E-state index < -0.39 is 5.41 Å². The molecule has 182 valence electrons. The number of anilines is 5. The molecule has 1 saturated heterocycles. The molecule has 9 heteroatoms. The number of rotatable bonds is 6. The monoisotopic (exact) mass is 491 g/mol. The maximum atomic E-state index is 12.4. The van der Waals surface area contributed by atoms with Crippen molar-refractivity contribution < 1.29 is 4.79 Å². The lowest BCUT2D eigenvalue weighted by molar-refractivity contribution is -0.119. The Kier molecular flexibility index (Phi) is 6.25. The number of hydrogen-bond donors (Lipinski definition) is 3. The van der Waals surface area contributed by atoms with E-state index in [9.17, 15) is 4.79 Å². The van der Waals surface area contributed by atoms with Crippen LogP contribution in [0.25, 0.3) is 0 Å². The number of nitrogens with zero attached hydrogens (tertiary/aromatic N) is 4. The van der Waals surface area contributed by atoms with Crippen LogP contribution in [-0.2, 0) is 16.8 Å². The SMILES string of the molecule is CN1CCN(c2ccc(Nc3ncc(Cl)c(NCc4cccc5c4C(C)(C)C(=O)N5)n3)cc2)CC1. The molecule has 0 aliphatic carbocycles. The van der Waals surface area contributed by atoms with Gasteiger partial charge in [0.1, 0.15) is 5.02 Å². The van der Waals surface area contributed by atoms with Crippen LogP contribution in [0.4, 0.5) is 28.8 Å². The summed E-state index contributed by atoms with van der Waals surface area (Å²) in [5, 5.41) is 9.99. The maximum Gasteiger partial charge on any atom is 0.234 e. The smallest absolute Gasteiger partial charge is 0.234 e. The van der Waals surface area contributed by atoms with Gasteiger partial charge in [-0.2, -0.15) is 4.98 Å². The zero-order valence-electron chi connectivity index (χ0n) is 20.2. The van der Waals surface area contributed by atoms with Gasteiger partial charge >= 0.3 is 0 Å². The minimum absolute atomic E-state index is 0.00476. The Bertz CT molecular complexity index is 1240. The number of piperazine rings is 1. The van der Waals surface area contributed by atoms with Gasteiger partial charge in [0.15, 0.2) is 5.82 Å². The molecule has 0 saturated carbocycles. The number of nitrogens with one attached hydrogen (secondary N) is 3. The third kappa shape index (κ3) is 4.76. The normalized spacial score (nSPS) is 17.1. The van der Waals surface area contributed by atoms with Gasteiger partial charge in [0.25, 0.3) is 0 Å². The summed E-state index contributed by atoms with van der Waals surface area (Å²) in [5.41, 5.74) is 4.41. The van der Waals surface area contributed by atoms with Crippen molar-refractivity contribution in [1.29, 1.82) is 0 Å². The van der Waals surface area contributed by atoms with Crippen molar-refractivity contribution in [3.63, 3.8) is 0 Å². The number of carbonyl (C=O) groups excluding carboxylic acids is 1. The fraction of sp³-hybridized carbons (Fsp3) is 0.346. The van der Waals surface area contributed by atoms with Crippen molar-refractivity contribution in [2.45, 2.75) is 25.8 Å². The number of amides is 1. The third-order valence-electron chi connectivity index (χ3n) is 6.77. The first-order chi connectivity index (χ1) is 16.8. The maximum absolute atomic E-state index is 12.4. The predicted molar refractivity (Wildman–Crippen MR) is 142 cm³/mol. The van der Waals surface area contributed by atoms with Crippen molar-refractivity contribution >= 4 is 46.3 Å².